The molecule has 0 saturated heterocycles. The molecule has 124 valence electrons. The smallest absolute Gasteiger partial charge is 0.323 e. The van der Waals surface area contributed by atoms with Gasteiger partial charge in [0.05, 0.1) is 11.6 Å². The summed E-state index contributed by atoms with van der Waals surface area (Å²) in [4.78, 5) is 36.7. The molecule has 1 heterocycles. The van der Waals surface area contributed by atoms with Gasteiger partial charge in [-0.05, 0) is 18.2 Å². The lowest BCUT2D eigenvalue weighted by atomic mass is 10.1. The third-order valence-corrected chi connectivity index (χ3v) is 3.64. The number of carbonyl (C=O) groups is 3. The molecule has 8 nitrogen and oxygen atoms in total. The summed E-state index contributed by atoms with van der Waals surface area (Å²) in [6.45, 7) is 1.17. The second-order valence-corrected chi connectivity index (χ2v) is 5.41. The second kappa shape index (κ2) is 6.55. The first-order chi connectivity index (χ1) is 10.8. The zero-order valence-electron chi connectivity index (χ0n) is 12.9. The Morgan fingerprint density at radius 3 is 2.70 bits per heavy atom. The van der Waals surface area contributed by atoms with Crippen LogP contribution in [-0.2, 0) is 14.4 Å². The molecule has 1 aliphatic rings. The summed E-state index contributed by atoms with van der Waals surface area (Å²) in [7, 11) is 1.61. The van der Waals surface area contributed by atoms with E-state index in [9.17, 15) is 14.4 Å². The third kappa shape index (κ3) is 3.71. The number of amides is 1. The zero-order chi connectivity index (χ0) is 17.1. The molecule has 2 rings (SSSR count). The van der Waals surface area contributed by atoms with Gasteiger partial charge in [-0.25, -0.2) is 0 Å². The first kappa shape index (κ1) is 16.6. The molecule has 0 aromatic heterocycles. The summed E-state index contributed by atoms with van der Waals surface area (Å²) in [6.07, 6.45) is 0. The molecule has 0 aliphatic carbocycles. The summed E-state index contributed by atoms with van der Waals surface area (Å²) < 4.78 is 5.32. The van der Waals surface area contributed by atoms with Crippen LogP contribution in [0.3, 0.4) is 0 Å². The van der Waals surface area contributed by atoms with Crippen LogP contribution in [0.2, 0.25) is 0 Å². The largest absolute Gasteiger partial charge is 0.482 e. The Hall–Kier alpha value is -2.77. The topological polar surface area (TPSA) is 107 Å². The minimum absolute atomic E-state index is 0.0406. The van der Waals surface area contributed by atoms with E-state index in [1.54, 1.807) is 25.2 Å². The highest BCUT2D eigenvalue weighted by atomic mass is 16.5. The molecule has 0 spiro atoms. The molecule has 1 aromatic rings. The monoisotopic (exact) mass is 322 g/mol. The predicted molar refractivity (Wildman–Crippen MR) is 82.0 cm³/mol. The molecular weight excluding hydrogens is 304 g/mol. The van der Waals surface area contributed by atoms with E-state index in [-0.39, 0.29) is 25.6 Å². The van der Waals surface area contributed by atoms with Gasteiger partial charge < -0.3 is 24.7 Å². The van der Waals surface area contributed by atoms with Crippen LogP contribution in [0.25, 0.3) is 0 Å². The number of hydrogen-bond acceptors (Lipinski definition) is 5. The number of benzene rings is 1. The van der Waals surface area contributed by atoms with E-state index in [1.807, 2.05) is 0 Å². The van der Waals surface area contributed by atoms with Crippen LogP contribution in [0.5, 0.6) is 5.75 Å². The Kier molecular flexibility index (Phi) is 4.73. The lowest BCUT2D eigenvalue weighted by Gasteiger charge is -2.29. The number of nitrogens with zero attached hydrogens (tertiary/aromatic N) is 2. The van der Waals surface area contributed by atoms with Gasteiger partial charge in [0.2, 0.25) is 0 Å². The van der Waals surface area contributed by atoms with Gasteiger partial charge in [0.15, 0.2) is 6.61 Å². The van der Waals surface area contributed by atoms with Crippen LogP contribution in [0.4, 0.5) is 11.4 Å². The Bertz CT molecular complexity index is 645. The fraction of sp³-hybridized carbons (Fsp3) is 0.400. The number of fused-ring (bicyclic) bond motifs is 1. The molecule has 0 radical (unpaired) electrons. The summed E-state index contributed by atoms with van der Waals surface area (Å²) in [6, 6.07) is 4.93. The Morgan fingerprint density at radius 2 is 2.09 bits per heavy atom. The van der Waals surface area contributed by atoms with E-state index in [4.69, 9.17) is 14.9 Å². The van der Waals surface area contributed by atoms with Gasteiger partial charge in [-0.15, -0.1) is 0 Å². The van der Waals surface area contributed by atoms with E-state index >= 15 is 0 Å². The van der Waals surface area contributed by atoms with E-state index in [2.05, 4.69) is 0 Å². The normalized spacial score (nSPS) is 14.7. The summed E-state index contributed by atoms with van der Waals surface area (Å²) in [5.74, 6) is -2.49. The maximum Gasteiger partial charge on any atom is 0.323 e. The highest BCUT2D eigenvalue weighted by Gasteiger charge is 2.25. The van der Waals surface area contributed by atoms with Gasteiger partial charge in [-0.2, -0.15) is 0 Å². The van der Waals surface area contributed by atoms with Crippen LogP contribution >= 0.6 is 0 Å². The van der Waals surface area contributed by atoms with Crippen molar-refractivity contribution in [2.45, 2.75) is 6.92 Å². The first-order valence-electron chi connectivity index (χ1n) is 7.02. The minimum Gasteiger partial charge on any atom is -0.482 e. The van der Waals surface area contributed by atoms with Gasteiger partial charge in [0, 0.05) is 19.3 Å². The molecule has 0 fully saturated rings. The lowest BCUT2D eigenvalue weighted by Crippen LogP contribution is -2.37. The van der Waals surface area contributed by atoms with Crippen LogP contribution in [0.1, 0.15) is 6.92 Å². The van der Waals surface area contributed by atoms with Crippen molar-refractivity contribution in [3.05, 3.63) is 18.2 Å². The zero-order valence-corrected chi connectivity index (χ0v) is 12.9. The van der Waals surface area contributed by atoms with Crippen molar-refractivity contribution in [1.29, 1.82) is 0 Å². The molecule has 23 heavy (non-hydrogen) atoms. The van der Waals surface area contributed by atoms with Crippen LogP contribution in [0.15, 0.2) is 18.2 Å². The van der Waals surface area contributed by atoms with Crippen molar-refractivity contribution in [2.24, 2.45) is 5.92 Å². The first-order valence-corrected chi connectivity index (χ1v) is 7.02. The van der Waals surface area contributed by atoms with Crippen molar-refractivity contribution >= 4 is 29.2 Å². The maximum absolute atomic E-state index is 11.7. The SMILES string of the molecule is CC(CN(CC(=O)O)c1ccc2c(c1)N(C)C(=O)CO2)C(=O)O. The third-order valence-electron chi connectivity index (χ3n) is 3.64. The van der Waals surface area contributed by atoms with E-state index < -0.39 is 17.9 Å². The molecule has 1 aromatic carbocycles. The van der Waals surface area contributed by atoms with Crippen LogP contribution in [-0.4, -0.2) is 54.8 Å². The number of carbonyl (C=O) groups excluding carboxylic acids is 1. The second-order valence-electron chi connectivity index (χ2n) is 5.41. The van der Waals surface area contributed by atoms with Crippen molar-refractivity contribution in [3.63, 3.8) is 0 Å². The molecule has 0 bridgehead atoms. The molecule has 0 saturated carbocycles. The number of ether oxygens (including phenoxy) is 1. The molecule has 8 heteroatoms. The van der Waals surface area contributed by atoms with Crippen molar-refractivity contribution in [3.8, 4) is 5.75 Å². The molecule has 1 atom stereocenters. The number of likely N-dealkylation sites (N-methyl/N-ethyl adjacent to an activating group) is 1. The molecule has 1 amide bonds. The van der Waals surface area contributed by atoms with Gasteiger partial charge in [0.25, 0.3) is 5.91 Å². The summed E-state index contributed by atoms with van der Waals surface area (Å²) in [5, 5.41) is 18.1. The average molecular weight is 322 g/mol. The van der Waals surface area contributed by atoms with Gasteiger partial charge in [-0.3, -0.25) is 14.4 Å². The van der Waals surface area contributed by atoms with Gasteiger partial charge in [-0.1, -0.05) is 6.92 Å². The fourth-order valence-corrected chi connectivity index (χ4v) is 2.29. The van der Waals surface area contributed by atoms with Gasteiger partial charge >= 0.3 is 11.9 Å². The summed E-state index contributed by atoms with van der Waals surface area (Å²) in [5.41, 5.74) is 1.04. The van der Waals surface area contributed by atoms with Gasteiger partial charge in [0.1, 0.15) is 12.3 Å². The Morgan fingerprint density at radius 1 is 1.39 bits per heavy atom. The molecular formula is C15H18N2O6. The lowest BCUT2D eigenvalue weighted by molar-refractivity contribution is -0.141. The van der Waals surface area contributed by atoms with Crippen molar-refractivity contribution in [2.75, 3.05) is 36.5 Å². The van der Waals surface area contributed by atoms with Crippen molar-refractivity contribution in [1.82, 2.24) is 0 Å². The number of rotatable bonds is 6. The average Bonchev–Trinajstić information content (AvgIpc) is 2.49. The number of hydrogen-bond donors (Lipinski definition) is 2. The molecule has 1 aliphatic heterocycles. The number of anilines is 2. The van der Waals surface area contributed by atoms with E-state index in [0.29, 0.717) is 17.1 Å². The molecule has 2 N–H and O–H groups in total. The van der Waals surface area contributed by atoms with E-state index in [1.165, 1.54) is 16.7 Å². The Labute approximate surface area is 132 Å². The quantitative estimate of drug-likeness (QED) is 0.792. The maximum atomic E-state index is 11.7. The predicted octanol–water partition coefficient (Wildman–Crippen LogP) is 0.653. The minimum atomic E-state index is -1.07. The fourth-order valence-electron chi connectivity index (χ4n) is 2.29. The number of aliphatic carboxylic acids is 2. The highest BCUT2D eigenvalue weighted by Crippen LogP contribution is 2.35. The summed E-state index contributed by atoms with van der Waals surface area (Å²) >= 11 is 0. The standard InChI is InChI=1S/C15H18N2O6/c1-9(15(21)22)6-17(7-14(19)20)10-3-4-12-11(5-10)16(2)13(18)8-23-12/h3-5,9H,6-8H2,1-2H3,(H,19,20)(H,21,22). The van der Waals surface area contributed by atoms with E-state index in [0.717, 1.165) is 0 Å². The molecule has 1 unspecified atom stereocenters. The number of carboxylic acid groups (broad SMARTS) is 2. The van der Waals surface area contributed by atoms with Crippen LogP contribution in [0, 0.1) is 5.92 Å². The Balaban J connectivity index is 2.33. The number of carboxylic acids is 2. The van der Waals surface area contributed by atoms with Crippen molar-refractivity contribution < 1.29 is 29.3 Å². The highest BCUT2D eigenvalue weighted by molar-refractivity contribution is 5.98. The van der Waals surface area contributed by atoms with Crippen LogP contribution < -0.4 is 14.5 Å².